The molecule has 0 saturated heterocycles. The predicted octanol–water partition coefficient (Wildman–Crippen LogP) is 0.551. The van der Waals surface area contributed by atoms with Crippen LogP contribution in [-0.4, -0.2) is 46.3 Å². The number of ether oxygens (including phenoxy) is 1. The van der Waals surface area contributed by atoms with Crippen molar-refractivity contribution in [2.75, 3.05) is 30.6 Å². The standard InChI is InChI=1S/C14H23N3O4S/c1-11(2)21-13-6-4-12(5-7-13)17-22(19,20)10-14(18)16-9-8-15-3/h4-7,11,15,17H,8-10H2,1-3H3,(H,16,18). The SMILES string of the molecule is CNCCNC(=O)CS(=O)(=O)Nc1ccc(OC(C)C)cc1. The molecule has 8 heteroatoms. The highest BCUT2D eigenvalue weighted by molar-refractivity contribution is 7.93. The van der Waals surface area contributed by atoms with Gasteiger partial charge in [-0.15, -0.1) is 0 Å². The minimum Gasteiger partial charge on any atom is -0.491 e. The minimum atomic E-state index is -3.73. The van der Waals surface area contributed by atoms with Crippen LogP contribution in [-0.2, 0) is 14.8 Å². The van der Waals surface area contributed by atoms with E-state index in [2.05, 4.69) is 15.4 Å². The summed E-state index contributed by atoms with van der Waals surface area (Å²) < 4.78 is 31.6. The third kappa shape index (κ3) is 7.28. The van der Waals surface area contributed by atoms with Crippen LogP contribution in [0.4, 0.5) is 5.69 Å². The van der Waals surface area contributed by atoms with Gasteiger partial charge >= 0.3 is 0 Å². The Hall–Kier alpha value is -1.80. The van der Waals surface area contributed by atoms with Crippen molar-refractivity contribution in [1.29, 1.82) is 0 Å². The van der Waals surface area contributed by atoms with E-state index in [0.717, 1.165) is 0 Å². The van der Waals surface area contributed by atoms with Gasteiger partial charge in [0.1, 0.15) is 11.5 Å². The molecule has 1 aromatic carbocycles. The molecule has 1 aromatic rings. The van der Waals surface area contributed by atoms with Crippen LogP contribution < -0.4 is 20.1 Å². The fraction of sp³-hybridized carbons (Fsp3) is 0.500. The average Bonchev–Trinajstić information content (AvgIpc) is 2.39. The van der Waals surface area contributed by atoms with Gasteiger partial charge in [-0.05, 0) is 45.2 Å². The van der Waals surface area contributed by atoms with Gasteiger partial charge in [0.2, 0.25) is 15.9 Å². The van der Waals surface area contributed by atoms with Crippen LogP contribution in [0, 0.1) is 0 Å². The Bertz CT molecular complexity index is 570. The molecule has 124 valence electrons. The number of sulfonamides is 1. The molecule has 7 nitrogen and oxygen atoms in total. The molecule has 1 amide bonds. The van der Waals surface area contributed by atoms with Gasteiger partial charge < -0.3 is 15.4 Å². The number of rotatable bonds is 9. The third-order valence-electron chi connectivity index (χ3n) is 2.52. The van der Waals surface area contributed by atoms with Crippen LogP contribution in [0.15, 0.2) is 24.3 Å². The molecule has 0 saturated carbocycles. The van der Waals surface area contributed by atoms with Crippen LogP contribution >= 0.6 is 0 Å². The average molecular weight is 329 g/mol. The van der Waals surface area contributed by atoms with Crippen molar-refractivity contribution in [3.05, 3.63) is 24.3 Å². The van der Waals surface area contributed by atoms with Gasteiger partial charge in [0, 0.05) is 18.8 Å². The Balaban J connectivity index is 2.55. The fourth-order valence-electron chi connectivity index (χ4n) is 1.64. The van der Waals surface area contributed by atoms with Gasteiger partial charge in [-0.3, -0.25) is 9.52 Å². The smallest absolute Gasteiger partial charge is 0.241 e. The second-order valence-corrected chi connectivity index (χ2v) is 6.73. The molecular weight excluding hydrogens is 306 g/mol. The van der Waals surface area contributed by atoms with E-state index in [1.807, 2.05) is 13.8 Å². The maximum absolute atomic E-state index is 11.9. The predicted molar refractivity (Wildman–Crippen MR) is 86.6 cm³/mol. The van der Waals surface area contributed by atoms with Crippen LogP contribution in [0.2, 0.25) is 0 Å². The summed E-state index contributed by atoms with van der Waals surface area (Å²) >= 11 is 0. The van der Waals surface area contributed by atoms with Crippen LogP contribution in [0.1, 0.15) is 13.8 Å². The highest BCUT2D eigenvalue weighted by Crippen LogP contribution is 2.17. The molecule has 0 aromatic heterocycles. The lowest BCUT2D eigenvalue weighted by Gasteiger charge is -2.11. The molecule has 0 radical (unpaired) electrons. The summed E-state index contributed by atoms with van der Waals surface area (Å²) in [6.07, 6.45) is 0.0452. The van der Waals surface area contributed by atoms with E-state index in [1.165, 1.54) is 0 Å². The minimum absolute atomic E-state index is 0.0452. The maximum atomic E-state index is 11.9. The van der Waals surface area contributed by atoms with E-state index in [0.29, 0.717) is 24.5 Å². The molecule has 3 N–H and O–H groups in total. The molecule has 0 fully saturated rings. The van der Waals surface area contributed by atoms with Crippen molar-refractivity contribution in [3.63, 3.8) is 0 Å². The number of amides is 1. The van der Waals surface area contributed by atoms with E-state index in [9.17, 15) is 13.2 Å². The lowest BCUT2D eigenvalue weighted by molar-refractivity contribution is -0.118. The first-order valence-electron chi connectivity index (χ1n) is 7.01. The first-order valence-corrected chi connectivity index (χ1v) is 8.66. The van der Waals surface area contributed by atoms with Crippen LogP contribution in [0.5, 0.6) is 5.75 Å². The van der Waals surface area contributed by atoms with Gasteiger partial charge in [-0.1, -0.05) is 0 Å². The van der Waals surface area contributed by atoms with Gasteiger partial charge in [0.15, 0.2) is 0 Å². The topological polar surface area (TPSA) is 96.5 Å². The lowest BCUT2D eigenvalue weighted by Crippen LogP contribution is -2.36. The second kappa shape index (κ2) is 8.60. The van der Waals surface area contributed by atoms with E-state index in [-0.39, 0.29) is 6.10 Å². The molecule has 0 spiro atoms. The summed E-state index contributed by atoms with van der Waals surface area (Å²) in [7, 11) is -1.98. The molecule has 1 rings (SSSR count). The quantitative estimate of drug-likeness (QED) is 0.575. The Kier molecular flexibility index (Phi) is 7.13. The summed E-state index contributed by atoms with van der Waals surface area (Å²) in [5.74, 6) is -0.494. The van der Waals surface area contributed by atoms with Crippen molar-refractivity contribution >= 4 is 21.6 Å². The molecule has 0 aliphatic rings. The Labute approximate surface area is 131 Å². The molecule has 0 unspecified atom stereocenters. The zero-order valence-electron chi connectivity index (χ0n) is 13.0. The summed E-state index contributed by atoms with van der Waals surface area (Å²) in [6, 6.07) is 6.53. The number of anilines is 1. The number of likely N-dealkylation sites (N-methyl/N-ethyl adjacent to an activating group) is 1. The van der Waals surface area contributed by atoms with E-state index >= 15 is 0 Å². The zero-order valence-corrected chi connectivity index (χ0v) is 13.9. The highest BCUT2D eigenvalue weighted by atomic mass is 32.2. The maximum Gasteiger partial charge on any atom is 0.241 e. The number of benzene rings is 1. The Morgan fingerprint density at radius 1 is 1.18 bits per heavy atom. The van der Waals surface area contributed by atoms with E-state index in [4.69, 9.17) is 4.74 Å². The van der Waals surface area contributed by atoms with Crippen molar-refractivity contribution in [1.82, 2.24) is 10.6 Å². The van der Waals surface area contributed by atoms with Crippen molar-refractivity contribution in [3.8, 4) is 5.75 Å². The summed E-state index contributed by atoms with van der Waals surface area (Å²) in [5, 5.41) is 5.37. The van der Waals surface area contributed by atoms with Crippen LogP contribution in [0.3, 0.4) is 0 Å². The molecule has 0 bridgehead atoms. The van der Waals surface area contributed by atoms with Crippen molar-refractivity contribution in [2.24, 2.45) is 0 Å². The van der Waals surface area contributed by atoms with Gasteiger partial charge in [0.25, 0.3) is 0 Å². The first-order chi connectivity index (χ1) is 10.3. The van der Waals surface area contributed by atoms with Crippen molar-refractivity contribution < 1.29 is 17.9 Å². The number of nitrogens with one attached hydrogen (secondary N) is 3. The Morgan fingerprint density at radius 3 is 2.36 bits per heavy atom. The number of carbonyl (C=O) groups is 1. The molecular formula is C14H23N3O4S. The van der Waals surface area contributed by atoms with Crippen molar-refractivity contribution in [2.45, 2.75) is 20.0 Å². The summed E-state index contributed by atoms with van der Waals surface area (Å²) in [5.41, 5.74) is 0.388. The molecule has 0 atom stereocenters. The van der Waals surface area contributed by atoms with Gasteiger partial charge in [-0.2, -0.15) is 0 Å². The largest absolute Gasteiger partial charge is 0.491 e. The summed E-state index contributed by atoms with van der Waals surface area (Å²) in [4.78, 5) is 11.5. The molecule has 0 aliphatic heterocycles. The third-order valence-corrected chi connectivity index (χ3v) is 3.71. The number of hydrogen-bond acceptors (Lipinski definition) is 5. The number of carbonyl (C=O) groups excluding carboxylic acids is 1. The van der Waals surface area contributed by atoms with Crippen LogP contribution in [0.25, 0.3) is 0 Å². The monoisotopic (exact) mass is 329 g/mol. The second-order valence-electron chi connectivity index (χ2n) is 5.01. The molecule has 22 heavy (non-hydrogen) atoms. The number of hydrogen-bond donors (Lipinski definition) is 3. The zero-order chi connectivity index (χ0) is 16.6. The van der Waals surface area contributed by atoms with Gasteiger partial charge in [0.05, 0.1) is 6.10 Å². The van der Waals surface area contributed by atoms with E-state index in [1.54, 1.807) is 31.3 Å². The Morgan fingerprint density at radius 2 is 1.82 bits per heavy atom. The molecule has 0 heterocycles. The highest BCUT2D eigenvalue weighted by Gasteiger charge is 2.16. The van der Waals surface area contributed by atoms with E-state index < -0.39 is 21.7 Å². The first kappa shape index (κ1) is 18.2. The molecule has 0 aliphatic carbocycles. The van der Waals surface area contributed by atoms with Gasteiger partial charge in [-0.25, -0.2) is 8.42 Å². The fourth-order valence-corrected chi connectivity index (χ4v) is 2.65. The normalized spacial score (nSPS) is 11.3. The lowest BCUT2D eigenvalue weighted by atomic mass is 10.3. The summed E-state index contributed by atoms with van der Waals surface area (Å²) in [6.45, 7) is 4.77.